The lowest BCUT2D eigenvalue weighted by atomic mass is 9.96. The molecule has 0 radical (unpaired) electrons. The van der Waals surface area contributed by atoms with E-state index >= 15 is 0 Å². The molecule has 1 aliphatic rings. The number of hydrogen-bond acceptors (Lipinski definition) is 4. The Kier molecular flexibility index (Phi) is 3.19. The van der Waals surface area contributed by atoms with Gasteiger partial charge in [-0.1, -0.05) is 0 Å². The fraction of sp³-hybridized carbons (Fsp3) is 0.357. The highest BCUT2D eigenvalue weighted by Crippen LogP contribution is 2.44. The number of nitrogens with one attached hydrogen (secondary N) is 1. The maximum Gasteiger partial charge on any atom is 0.271 e. The number of aromatic amines is 1. The number of nitrogens with two attached hydrogens (primary N) is 1. The van der Waals surface area contributed by atoms with Crippen molar-refractivity contribution < 1.29 is 18.3 Å². The number of halogens is 2. The lowest BCUT2D eigenvalue weighted by Gasteiger charge is -2.18. The summed E-state index contributed by atoms with van der Waals surface area (Å²) in [5.74, 6) is -2.04. The first-order valence-electron chi connectivity index (χ1n) is 6.58. The highest BCUT2D eigenvalue weighted by molar-refractivity contribution is 5.78. The summed E-state index contributed by atoms with van der Waals surface area (Å²) in [5.41, 5.74) is 6.30. The van der Waals surface area contributed by atoms with Gasteiger partial charge in [-0.15, -0.1) is 0 Å². The maximum atomic E-state index is 13.9. The van der Waals surface area contributed by atoms with Gasteiger partial charge in [0.15, 0.2) is 11.5 Å². The lowest BCUT2D eigenvalue weighted by molar-refractivity contribution is 0.0178. The zero-order chi connectivity index (χ0) is 15.0. The molecule has 0 aliphatic carbocycles. The van der Waals surface area contributed by atoms with Gasteiger partial charge in [0, 0.05) is 30.0 Å². The number of alkyl halides is 2. The number of benzene rings is 1. The largest absolute Gasteiger partial charge is 0.490 e. The van der Waals surface area contributed by atoms with E-state index in [2.05, 4.69) is 10.2 Å². The Bertz CT molecular complexity index is 665. The van der Waals surface area contributed by atoms with Crippen LogP contribution in [0.1, 0.15) is 18.9 Å². The van der Waals surface area contributed by atoms with Crippen molar-refractivity contribution in [2.45, 2.75) is 19.3 Å². The van der Waals surface area contributed by atoms with Crippen LogP contribution in [0.5, 0.6) is 11.5 Å². The molecule has 5 nitrogen and oxygen atoms in total. The number of nitrogens with zero attached hydrogens (tertiary/aromatic N) is 1. The van der Waals surface area contributed by atoms with E-state index in [0.29, 0.717) is 36.7 Å². The summed E-state index contributed by atoms with van der Waals surface area (Å²) in [4.78, 5) is 0. The van der Waals surface area contributed by atoms with Gasteiger partial charge in [0.1, 0.15) is 5.82 Å². The lowest BCUT2D eigenvalue weighted by Crippen LogP contribution is -2.10. The van der Waals surface area contributed by atoms with Crippen LogP contribution in [0.4, 0.5) is 14.6 Å². The summed E-state index contributed by atoms with van der Waals surface area (Å²) in [6.07, 6.45) is 2.12. The van der Waals surface area contributed by atoms with Crippen LogP contribution in [-0.2, 0) is 5.92 Å². The number of anilines is 1. The summed E-state index contributed by atoms with van der Waals surface area (Å²) in [6, 6.07) is 2.86. The third-order valence-corrected chi connectivity index (χ3v) is 3.32. The molecule has 2 aromatic rings. The predicted molar refractivity (Wildman–Crippen MR) is 73.6 cm³/mol. The first kappa shape index (κ1) is 13.7. The normalized spacial score (nSPS) is 14.8. The van der Waals surface area contributed by atoms with Crippen LogP contribution in [0.25, 0.3) is 11.1 Å². The summed E-state index contributed by atoms with van der Waals surface area (Å²) in [6.45, 7) is 1.76. The molecule has 0 unspecified atom stereocenters. The van der Waals surface area contributed by atoms with E-state index in [1.807, 2.05) is 0 Å². The molecular weight excluding hydrogens is 280 g/mol. The molecule has 1 aliphatic heterocycles. The second-order valence-electron chi connectivity index (χ2n) is 4.98. The summed E-state index contributed by atoms with van der Waals surface area (Å²) >= 11 is 0. The highest BCUT2D eigenvalue weighted by Gasteiger charge is 2.31. The Labute approximate surface area is 120 Å². The van der Waals surface area contributed by atoms with E-state index in [1.165, 1.54) is 18.3 Å². The summed E-state index contributed by atoms with van der Waals surface area (Å²) < 4.78 is 38.9. The number of nitrogen functional groups attached to an aromatic ring is 1. The Morgan fingerprint density at radius 1 is 1.19 bits per heavy atom. The van der Waals surface area contributed by atoms with Crippen LogP contribution in [0, 0.1) is 0 Å². The first-order valence-corrected chi connectivity index (χ1v) is 6.58. The van der Waals surface area contributed by atoms with E-state index in [9.17, 15) is 8.78 Å². The molecule has 0 bridgehead atoms. The fourth-order valence-corrected chi connectivity index (χ4v) is 2.31. The average molecular weight is 295 g/mol. The topological polar surface area (TPSA) is 73.2 Å². The Morgan fingerprint density at radius 3 is 2.43 bits per heavy atom. The molecular formula is C14H15F2N3O2. The van der Waals surface area contributed by atoms with Crippen LogP contribution in [0.2, 0.25) is 0 Å². The molecule has 7 heteroatoms. The van der Waals surface area contributed by atoms with Gasteiger partial charge < -0.3 is 15.2 Å². The zero-order valence-electron chi connectivity index (χ0n) is 11.5. The maximum absolute atomic E-state index is 13.9. The molecule has 3 rings (SSSR count). The minimum absolute atomic E-state index is 0.167. The Morgan fingerprint density at radius 2 is 1.86 bits per heavy atom. The SMILES string of the molecule is CC(F)(F)c1cc2c(cc1-c1cn[nH]c1N)OCCCO2. The van der Waals surface area contributed by atoms with Gasteiger partial charge in [-0.25, -0.2) is 8.78 Å². The zero-order valence-corrected chi connectivity index (χ0v) is 11.5. The number of rotatable bonds is 2. The van der Waals surface area contributed by atoms with Crippen LogP contribution in [-0.4, -0.2) is 23.4 Å². The molecule has 0 fully saturated rings. The Hall–Kier alpha value is -2.31. The van der Waals surface area contributed by atoms with Crippen molar-refractivity contribution in [1.29, 1.82) is 0 Å². The van der Waals surface area contributed by atoms with Gasteiger partial charge in [-0.2, -0.15) is 5.10 Å². The van der Waals surface area contributed by atoms with E-state index in [-0.39, 0.29) is 16.9 Å². The second kappa shape index (κ2) is 4.91. The van der Waals surface area contributed by atoms with Crippen LogP contribution < -0.4 is 15.2 Å². The van der Waals surface area contributed by atoms with Gasteiger partial charge in [0.25, 0.3) is 5.92 Å². The number of ether oxygens (including phenoxy) is 2. The predicted octanol–water partition coefficient (Wildman–Crippen LogP) is 2.93. The van der Waals surface area contributed by atoms with Crippen molar-refractivity contribution in [3.8, 4) is 22.6 Å². The van der Waals surface area contributed by atoms with Crippen molar-refractivity contribution in [3.63, 3.8) is 0 Å². The number of hydrogen-bond donors (Lipinski definition) is 2. The van der Waals surface area contributed by atoms with Gasteiger partial charge in [-0.05, 0) is 12.1 Å². The molecule has 2 heterocycles. The van der Waals surface area contributed by atoms with Crippen LogP contribution in [0.15, 0.2) is 18.3 Å². The molecule has 0 atom stereocenters. The molecule has 0 saturated carbocycles. The van der Waals surface area contributed by atoms with Crippen molar-refractivity contribution in [2.24, 2.45) is 0 Å². The first-order chi connectivity index (χ1) is 9.97. The summed E-state index contributed by atoms with van der Waals surface area (Å²) in [7, 11) is 0. The van der Waals surface area contributed by atoms with E-state index in [4.69, 9.17) is 15.2 Å². The van der Waals surface area contributed by atoms with Crippen molar-refractivity contribution in [1.82, 2.24) is 10.2 Å². The highest BCUT2D eigenvalue weighted by atomic mass is 19.3. The van der Waals surface area contributed by atoms with Crippen LogP contribution >= 0.6 is 0 Å². The van der Waals surface area contributed by atoms with Gasteiger partial charge in [-0.3, -0.25) is 5.10 Å². The Balaban J connectivity index is 2.22. The monoisotopic (exact) mass is 295 g/mol. The number of fused-ring (bicyclic) bond motifs is 1. The van der Waals surface area contributed by atoms with E-state index in [1.54, 1.807) is 0 Å². The summed E-state index contributed by atoms with van der Waals surface area (Å²) in [5, 5.41) is 6.33. The molecule has 0 saturated heterocycles. The minimum Gasteiger partial charge on any atom is -0.490 e. The third-order valence-electron chi connectivity index (χ3n) is 3.32. The second-order valence-corrected chi connectivity index (χ2v) is 4.98. The van der Waals surface area contributed by atoms with Crippen LogP contribution in [0.3, 0.4) is 0 Å². The van der Waals surface area contributed by atoms with Gasteiger partial charge in [0.05, 0.1) is 19.4 Å². The standard InChI is InChI=1S/C14H15F2N3O2/c1-14(15,16)10-6-12-11(20-3-2-4-21-12)5-8(10)9-7-18-19-13(9)17/h5-7H,2-4H2,1H3,(H3,17,18,19). The molecule has 1 aromatic heterocycles. The quantitative estimate of drug-likeness (QED) is 0.893. The fourth-order valence-electron chi connectivity index (χ4n) is 2.31. The van der Waals surface area contributed by atoms with Gasteiger partial charge in [0.2, 0.25) is 0 Å². The van der Waals surface area contributed by atoms with Gasteiger partial charge >= 0.3 is 0 Å². The molecule has 112 valence electrons. The molecule has 0 amide bonds. The smallest absolute Gasteiger partial charge is 0.271 e. The number of aromatic nitrogens is 2. The van der Waals surface area contributed by atoms with Crippen molar-refractivity contribution >= 4 is 5.82 Å². The van der Waals surface area contributed by atoms with Crippen molar-refractivity contribution in [2.75, 3.05) is 18.9 Å². The van der Waals surface area contributed by atoms with E-state index < -0.39 is 5.92 Å². The number of H-pyrrole nitrogens is 1. The molecule has 0 spiro atoms. The average Bonchev–Trinajstić information content (AvgIpc) is 2.71. The third kappa shape index (κ3) is 2.51. The molecule has 1 aromatic carbocycles. The van der Waals surface area contributed by atoms with E-state index in [0.717, 1.165) is 6.92 Å². The van der Waals surface area contributed by atoms with Crippen molar-refractivity contribution in [3.05, 3.63) is 23.9 Å². The molecule has 21 heavy (non-hydrogen) atoms. The molecule has 3 N–H and O–H groups in total. The minimum atomic E-state index is -3.04.